The molecule has 1 heterocycles. The zero-order valence-corrected chi connectivity index (χ0v) is 11.3. The predicted octanol–water partition coefficient (Wildman–Crippen LogP) is 3.11. The Morgan fingerprint density at radius 2 is 2.24 bits per heavy atom. The number of hydrogen-bond acceptors (Lipinski definition) is 3. The van der Waals surface area contributed by atoms with Gasteiger partial charge < -0.3 is 10.6 Å². The molecule has 0 aliphatic carbocycles. The van der Waals surface area contributed by atoms with Crippen molar-refractivity contribution in [2.24, 2.45) is 0 Å². The minimum Gasteiger partial charge on any atom is -0.335 e. The van der Waals surface area contributed by atoms with Gasteiger partial charge >= 0.3 is 6.03 Å². The lowest BCUT2D eigenvalue weighted by molar-refractivity contribution is 0.249. The van der Waals surface area contributed by atoms with Crippen LogP contribution < -0.4 is 10.6 Å². The van der Waals surface area contributed by atoms with Crippen LogP contribution in [0.2, 0.25) is 0 Å². The number of nitrogens with zero attached hydrogens (tertiary/aromatic N) is 1. The van der Waals surface area contributed by atoms with E-state index in [9.17, 15) is 4.79 Å². The van der Waals surface area contributed by atoms with Gasteiger partial charge in [0.1, 0.15) is 0 Å². The van der Waals surface area contributed by atoms with Crippen molar-refractivity contribution in [2.75, 3.05) is 11.1 Å². The van der Waals surface area contributed by atoms with Crippen molar-refractivity contribution in [3.63, 3.8) is 0 Å². The van der Waals surface area contributed by atoms with Gasteiger partial charge in [-0.05, 0) is 31.2 Å². The molecule has 1 rings (SSSR count). The second-order valence-corrected chi connectivity index (χ2v) is 5.01. The van der Waals surface area contributed by atoms with Gasteiger partial charge in [-0.1, -0.05) is 13.8 Å². The third kappa shape index (κ3) is 5.08. The van der Waals surface area contributed by atoms with Gasteiger partial charge in [-0.15, -0.1) is 11.8 Å². The fourth-order valence-corrected chi connectivity index (χ4v) is 1.77. The maximum Gasteiger partial charge on any atom is 0.319 e. The van der Waals surface area contributed by atoms with E-state index in [-0.39, 0.29) is 12.1 Å². The van der Waals surface area contributed by atoms with Crippen molar-refractivity contribution in [1.82, 2.24) is 10.3 Å². The minimum absolute atomic E-state index is 0.179. The molecule has 17 heavy (non-hydrogen) atoms. The van der Waals surface area contributed by atoms with Crippen LogP contribution in [0.4, 0.5) is 10.5 Å². The normalized spacial score (nSPS) is 11.9. The molecular weight excluding hydrogens is 234 g/mol. The van der Waals surface area contributed by atoms with Crippen LogP contribution in [0, 0.1) is 0 Å². The first-order chi connectivity index (χ1) is 8.15. The van der Waals surface area contributed by atoms with E-state index in [0.29, 0.717) is 5.69 Å². The number of anilines is 1. The minimum atomic E-state index is -0.183. The van der Waals surface area contributed by atoms with E-state index >= 15 is 0 Å². The highest BCUT2D eigenvalue weighted by Gasteiger charge is 2.05. The Bertz CT molecular complexity index is 353. The van der Waals surface area contributed by atoms with Crippen molar-refractivity contribution in [3.05, 3.63) is 18.3 Å². The average molecular weight is 253 g/mol. The highest BCUT2D eigenvalue weighted by molar-refractivity contribution is 7.99. The van der Waals surface area contributed by atoms with Gasteiger partial charge in [0.15, 0.2) is 0 Å². The first kappa shape index (κ1) is 13.8. The summed E-state index contributed by atoms with van der Waals surface area (Å²) in [5.41, 5.74) is 0.714. The highest BCUT2D eigenvalue weighted by atomic mass is 32.2. The summed E-state index contributed by atoms with van der Waals surface area (Å²) < 4.78 is 0. The van der Waals surface area contributed by atoms with E-state index < -0.39 is 0 Å². The van der Waals surface area contributed by atoms with Crippen LogP contribution in [0.1, 0.15) is 27.2 Å². The maximum atomic E-state index is 11.5. The zero-order valence-electron chi connectivity index (χ0n) is 10.5. The largest absolute Gasteiger partial charge is 0.335 e. The molecule has 2 N–H and O–H groups in total. The third-order valence-electron chi connectivity index (χ3n) is 2.28. The molecule has 4 nitrogen and oxygen atoms in total. The van der Waals surface area contributed by atoms with Gasteiger partial charge in [-0.3, -0.25) is 0 Å². The first-order valence-electron chi connectivity index (χ1n) is 5.82. The summed E-state index contributed by atoms with van der Waals surface area (Å²) >= 11 is 1.68. The molecule has 94 valence electrons. The fourth-order valence-electron chi connectivity index (χ4n) is 1.18. The van der Waals surface area contributed by atoms with Crippen molar-refractivity contribution >= 4 is 23.5 Å². The topological polar surface area (TPSA) is 54.0 Å². The van der Waals surface area contributed by atoms with Gasteiger partial charge in [0.25, 0.3) is 0 Å². The SMILES string of the molecule is CCSc1ccc(NC(=O)NC(C)CC)cn1. The molecule has 1 aromatic rings. The van der Waals surface area contributed by atoms with Crippen LogP contribution >= 0.6 is 11.8 Å². The van der Waals surface area contributed by atoms with Crippen LogP contribution in [-0.2, 0) is 0 Å². The molecule has 0 fully saturated rings. The van der Waals surface area contributed by atoms with Gasteiger partial charge in [-0.25, -0.2) is 9.78 Å². The molecule has 0 bridgehead atoms. The Morgan fingerprint density at radius 3 is 2.76 bits per heavy atom. The fraction of sp³-hybridized carbons (Fsp3) is 0.500. The first-order valence-corrected chi connectivity index (χ1v) is 6.80. The second-order valence-electron chi connectivity index (χ2n) is 3.73. The summed E-state index contributed by atoms with van der Waals surface area (Å²) in [6.45, 7) is 6.08. The molecule has 0 radical (unpaired) electrons. The van der Waals surface area contributed by atoms with E-state index in [1.165, 1.54) is 0 Å². The maximum absolute atomic E-state index is 11.5. The molecular formula is C12H19N3OS. The van der Waals surface area contributed by atoms with E-state index in [1.807, 2.05) is 26.0 Å². The summed E-state index contributed by atoms with van der Waals surface area (Å²) in [7, 11) is 0. The van der Waals surface area contributed by atoms with E-state index in [0.717, 1.165) is 17.2 Å². The van der Waals surface area contributed by atoms with Crippen molar-refractivity contribution in [2.45, 2.75) is 38.3 Å². The lowest BCUT2D eigenvalue weighted by Gasteiger charge is -2.12. The summed E-state index contributed by atoms with van der Waals surface area (Å²) in [6, 6.07) is 3.77. The molecule has 0 spiro atoms. The van der Waals surface area contributed by atoms with Crippen LogP contribution in [0.5, 0.6) is 0 Å². The van der Waals surface area contributed by atoms with Crippen molar-refractivity contribution in [1.29, 1.82) is 0 Å². The van der Waals surface area contributed by atoms with Gasteiger partial charge in [0, 0.05) is 6.04 Å². The number of rotatable bonds is 5. The van der Waals surface area contributed by atoms with Crippen molar-refractivity contribution in [3.8, 4) is 0 Å². The van der Waals surface area contributed by atoms with Crippen molar-refractivity contribution < 1.29 is 4.79 Å². The van der Waals surface area contributed by atoms with Crippen LogP contribution in [0.25, 0.3) is 0 Å². The molecule has 1 atom stereocenters. The Kier molecular flexibility index (Phi) is 5.83. The Morgan fingerprint density at radius 1 is 1.47 bits per heavy atom. The number of thioether (sulfide) groups is 1. The lowest BCUT2D eigenvalue weighted by atomic mass is 10.3. The summed E-state index contributed by atoms with van der Waals surface area (Å²) in [6.07, 6.45) is 2.59. The van der Waals surface area contributed by atoms with Crippen LogP contribution in [0.15, 0.2) is 23.4 Å². The monoisotopic (exact) mass is 253 g/mol. The number of carbonyl (C=O) groups is 1. The Labute approximate surface area is 107 Å². The summed E-state index contributed by atoms with van der Waals surface area (Å²) in [4.78, 5) is 15.8. The Hall–Kier alpha value is -1.23. The van der Waals surface area contributed by atoms with Gasteiger partial charge in [0.05, 0.1) is 16.9 Å². The quantitative estimate of drug-likeness (QED) is 0.793. The standard InChI is InChI=1S/C12H19N3OS/c1-4-9(3)14-12(16)15-10-6-7-11(13-8-10)17-5-2/h6-9H,4-5H2,1-3H3,(H2,14,15,16). The van der Waals surface area contributed by atoms with Gasteiger partial charge in [0.2, 0.25) is 0 Å². The smallest absolute Gasteiger partial charge is 0.319 e. The van der Waals surface area contributed by atoms with E-state index in [4.69, 9.17) is 0 Å². The molecule has 1 aromatic heterocycles. The summed E-state index contributed by atoms with van der Waals surface area (Å²) in [5.74, 6) is 0.994. The zero-order chi connectivity index (χ0) is 12.7. The summed E-state index contributed by atoms with van der Waals surface area (Å²) in [5, 5.41) is 6.56. The number of nitrogens with one attached hydrogen (secondary N) is 2. The number of pyridine rings is 1. The third-order valence-corrected chi connectivity index (χ3v) is 3.10. The number of amides is 2. The molecule has 0 saturated heterocycles. The number of aromatic nitrogens is 1. The predicted molar refractivity (Wildman–Crippen MR) is 72.5 cm³/mol. The van der Waals surface area contributed by atoms with Crippen LogP contribution in [0.3, 0.4) is 0 Å². The highest BCUT2D eigenvalue weighted by Crippen LogP contribution is 2.16. The van der Waals surface area contributed by atoms with E-state index in [1.54, 1.807) is 18.0 Å². The Balaban J connectivity index is 2.48. The average Bonchev–Trinajstić information content (AvgIpc) is 2.31. The molecule has 0 saturated carbocycles. The molecule has 1 unspecified atom stereocenters. The second kappa shape index (κ2) is 7.17. The number of hydrogen-bond donors (Lipinski definition) is 2. The van der Waals surface area contributed by atoms with Crippen LogP contribution in [-0.4, -0.2) is 22.8 Å². The van der Waals surface area contributed by atoms with Gasteiger partial charge in [-0.2, -0.15) is 0 Å². The van der Waals surface area contributed by atoms with E-state index in [2.05, 4.69) is 22.5 Å². The molecule has 5 heteroatoms. The lowest BCUT2D eigenvalue weighted by Crippen LogP contribution is -2.35. The molecule has 0 aliphatic heterocycles. The molecule has 0 aliphatic rings. The molecule has 2 amide bonds. The molecule has 0 aromatic carbocycles. The number of carbonyl (C=O) groups excluding carboxylic acids is 1. The number of urea groups is 1.